The van der Waals surface area contributed by atoms with Crippen LogP contribution in [0.3, 0.4) is 0 Å². The molecule has 18 nitrogen and oxygen atoms in total. The zero-order chi connectivity index (χ0) is 80.4. The summed E-state index contributed by atoms with van der Waals surface area (Å²) in [5.41, 5.74) is 1.28. The van der Waals surface area contributed by atoms with Gasteiger partial charge in [0.15, 0.2) is 11.6 Å². The molecule has 3 aromatic carbocycles. The van der Waals surface area contributed by atoms with Crippen molar-refractivity contribution in [1.82, 2.24) is 29.8 Å². The van der Waals surface area contributed by atoms with Gasteiger partial charge >= 0.3 is 103 Å². The number of methoxy groups -OCH3 is 3. The number of carbonyl (C=O) groups excluding carboxylic acids is 4. The maximum atomic E-state index is 13.9. The molecule has 0 radical (unpaired) electrons. The Balaban J connectivity index is 0.000000202. The first kappa shape index (κ1) is 99.6. The number of carbonyl (C=O) groups is 4. The summed E-state index contributed by atoms with van der Waals surface area (Å²) in [4.78, 5) is 51.2. The fourth-order valence-corrected chi connectivity index (χ4v) is 29.1. The number of aromatic amines is 1. The van der Waals surface area contributed by atoms with Crippen LogP contribution >= 0.6 is 15.9 Å². The van der Waals surface area contributed by atoms with Crippen LogP contribution in [-0.2, 0) is 51.4 Å². The SMILES string of the molecule is C.C.C.COC[C@]12CC[C@@](C)(O)C[C@H]1CC[C@H]1[C@@H]3CC[C@H](C(=O)CBr)[C@@]3(C)CC[C@@H]12.COC[C@]12CC[C@@](C)(O)C[C@H]1CC[C@H]1[C@@H]3CC[C@H](C(=O)Cn4cc5ccc(F)cc5n4)[C@@]3(C)CC[C@@H]12.COC[C@]12CC[C@@](C)(O)C[C@H]1CC[C@H]1[C@@H]3CC[C@H](C(=O)Cn4ncc5ccc(F)cc54)[C@@]3(C)CC[C@@H]12.Fc1ccc2cn[nH]c2c1.O=CO[O-].[H-].[K+].[K+]. The van der Waals surface area contributed by atoms with E-state index in [0.29, 0.717) is 87.2 Å². The number of rotatable bonds is 15. The van der Waals surface area contributed by atoms with E-state index in [-0.39, 0.29) is 225 Å². The fourth-order valence-electron chi connectivity index (χ4n) is 28.8. The molecule has 12 aliphatic rings. The average molecular weight is 1760 g/mol. The molecule has 118 heavy (non-hydrogen) atoms. The molecule has 0 aliphatic heterocycles. The number of alkyl halides is 1. The number of hydrogen-bond donors (Lipinski definition) is 4. The Hall–Kier alpha value is -2.19. The monoisotopic (exact) mass is 1760 g/mol. The van der Waals surface area contributed by atoms with Crippen LogP contribution in [0.25, 0.3) is 32.7 Å². The van der Waals surface area contributed by atoms with E-state index >= 15 is 0 Å². The molecule has 0 amide bonds. The third-order valence-electron chi connectivity index (χ3n) is 33.7. The first-order valence-corrected chi connectivity index (χ1v) is 43.8. The van der Waals surface area contributed by atoms with Crippen LogP contribution in [0.2, 0.25) is 0 Å². The number of nitrogens with zero attached hydrogens (tertiary/aromatic N) is 5. The van der Waals surface area contributed by atoms with Gasteiger partial charge in [-0.1, -0.05) is 59.0 Å². The zero-order valence-electron chi connectivity index (χ0n) is 71.3. The smallest absolute Gasteiger partial charge is 1.00 e. The number of halogens is 4. The van der Waals surface area contributed by atoms with E-state index in [0.717, 1.165) is 169 Å². The summed E-state index contributed by atoms with van der Waals surface area (Å²) in [6.07, 6.45) is 34.5. The number of benzene rings is 3. The molecule has 24 heteroatoms. The van der Waals surface area contributed by atoms with E-state index in [1.807, 2.05) is 48.3 Å². The summed E-state index contributed by atoms with van der Waals surface area (Å²) in [5.74, 6) is 7.95. The van der Waals surface area contributed by atoms with Gasteiger partial charge in [-0.3, -0.25) is 33.6 Å². The number of Topliss-reactive ketones (excluding diaryl/α,β-unsaturated/α-hetero) is 3. The maximum Gasteiger partial charge on any atom is 1.00 e. The Labute approximate surface area is 795 Å². The summed E-state index contributed by atoms with van der Waals surface area (Å²) in [6.45, 7) is 16.0. The molecule has 4 N–H and O–H groups in total. The third-order valence-corrected chi connectivity index (χ3v) is 34.2. The molecule has 0 saturated heterocycles. The van der Waals surface area contributed by atoms with Crippen LogP contribution in [0.4, 0.5) is 13.2 Å². The normalized spacial score (nSPS) is 38.6. The summed E-state index contributed by atoms with van der Waals surface area (Å²) >= 11 is 3.43. The van der Waals surface area contributed by atoms with Gasteiger partial charge in [-0.25, -0.2) is 13.2 Å². The molecule has 6 aromatic rings. The molecule has 12 aliphatic carbocycles. The van der Waals surface area contributed by atoms with Crippen molar-refractivity contribution >= 4 is 72.5 Å². The van der Waals surface area contributed by atoms with Gasteiger partial charge in [0.25, 0.3) is 6.47 Å². The van der Waals surface area contributed by atoms with Crippen molar-refractivity contribution in [3.63, 3.8) is 0 Å². The molecule has 646 valence electrons. The van der Waals surface area contributed by atoms with E-state index < -0.39 is 16.8 Å². The van der Waals surface area contributed by atoms with Crippen molar-refractivity contribution < 1.29 is 176 Å². The molecule has 3 aromatic heterocycles. The number of fused-ring (bicyclic) bond motifs is 18. The minimum atomic E-state index is -0.553. The number of aliphatic hydroxyl groups is 3. The van der Waals surface area contributed by atoms with E-state index in [1.165, 1.54) is 87.8 Å². The van der Waals surface area contributed by atoms with Crippen LogP contribution in [0.15, 0.2) is 73.2 Å². The van der Waals surface area contributed by atoms with Crippen molar-refractivity contribution in [2.24, 2.45) is 121 Å². The Morgan fingerprint density at radius 3 is 1.32 bits per heavy atom. The van der Waals surface area contributed by atoms with Gasteiger partial charge in [0.1, 0.15) is 29.8 Å². The van der Waals surface area contributed by atoms with Crippen molar-refractivity contribution in [2.75, 3.05) is 46.5 Å². The minimum Gasteiger partial charge on any atom is -1.00 e. The van der Waals surface area contributed by atoms with Gasteiger partial charge in [-0.05, 0) is 346 Å². The Kier molecular flexibility index (Phi) is 33.8. The van der Waals surface area contributed by atoms with Crippen molar-refractivity contribution in [3.8, 4) is 0 Å². The second-order valence-electron chi connectivity index (χ2n) is 39.4. The number of hydrogen-bond acceptors (Lipinski definition) is 15. The second-order valence-corrected chi connectivity index (χ2v) is 40.0. The van der Waals surface area contributed by atoms with E-state index in [9.17, 15) is 42.9 Å². The van der Waals surface area contributed by atoms with Crippen molar-refractivity contribution in [2.45, 2.75) is 267 Å². The second kappa shape index (κ2) is 40.0. The number of ketones is 3. The zero-order valence-corrected chi connectivity index (χ0v) is 78.1. The summed E-state index contributed by atoms with van der Waals surface area (Å²) in [7, 11) is 5.53. The number of aromatic nitrogens is 6. The Morgan fingerprint density at radius 1 is 0.517 bits per heavy atom. The van der Waals surface area contributed by atoms with Crippen molar-refractivity contribution in [3.05, 3.63) is 90.6 Å². The van der Waals surface area contributed by atoms with Crippen LogP contribution in [0.5, 0.6) is 0 Å². The van der Waals surface area contributed by atoms with Gasteiger partial charge in [0.05, 0.1) is 77.4 Å². The minimum absolute atomic E-state index is 0. The van der Waals surface area contributed by atoms with Gasteiger partial charge in [-0.15, -0.1) is 0 Å². The molecule has 12 saturated carbocycles. The largest absolute Gasteiger partial charge is 1.00 e. The molecule has 24 atom stereocenters. The molecule has 3 heterocycles. The topological polar surface area (TPSA) is 253 Å². The van der Waals surface area contributed by atoms with Crippen LogP contribution in [0, 0.1) is 139 Å². The molecule has 0 bridgehead atoms. The van der Waals surface area contributed by atoms with Gasteiger partial charge in [0.2, 0.25) is 0 Å². The van der Waals surface area contributed by atoms with E-state index in [4.69, 9.17) is 24.3 Å². The summed E-state index contributed by atoms with van der Waals surface area (Å²) in [5, 5.41) is 59.4. The predicted octanol–water partition coefficient (Wildman–Crippen LogP) is 12.7. The first-order chi connectivity index (χ1) is 53.9. The quantitative estimate of drug-likeness (QED) is 0.0245. The standard InChI is InChI=1S/2C30H41FN2O3.C23H37BrO3.C7H5FN2.CH2O3.3CH4.2K.H/c1-28(35)12-13-30(18-36-3)20(15-28)5-7-22-23-8-9-25(29(23,2)11-10-24(22)30)27(34)17-33-16-19-4-6-21(31)14-26(19)32-33;1-28(35)12-13-30(18-36-3)20(15-28)5-7-22-23-8-9-25(29(23,2)11-10-24(22)30)27(34)17-33-26-14-21(31)6-4-19(26)16-32-33;1-21(26)10-11-23(14-27-3)15(12-21)4-5-16-17-6-7-19(20(25)13-24)22(17,2)9-8-18(16)23;8-6-2-1-5-4-9-10-7(5)3-6;2-1-4-3;;;;;;/h2*4,6,14,16,20,22-25,35H,5,7-13,15,17-18H2,1-3H3;15-19,26H,4-14H2,1-3H3;1-4H,(H,9,10);1,3H;3*1H4;;;/q;;;;;;;;2*+1;-1/p-1/t2*20-,22+,23+,24+,25-,28-,29+,30-;15-,16+,17+,18+,19-,21-,22+,23-;;;;;;;;/m111......../s1. The van der Waals surface area contributed by atoms with Gasteiger partial charge in [0, 0.05) is 67.5 Å². The summed E-state index contributed by atoms with van der Waals surface area (Å²) < 4.78 is 60.9. The summed E-state index contributed by atoms with van der Waals surface area (Å²) in [6, 6.07) is 13.8. The number of nitrogens with one attached hydrogen (secondary N) is 1. The molecule has 18 rings (SSSR count). The van der Waals surface area contributed by atoms with Crippen LogP contribution in [-0.4, -0.2) is 132 Å². The predicted molar refractivity (Wildman–Crippen MR) is 449 cm³/mol. The molecule has 0 spiro atoms. The van der Waals surface area contributed by atoms with Gasteiger partial charge in [-0.2, -0.15) is 15.3 Å². The average Bonchev–Trinajstić information content (AvgIpc) is 1.70. The first-order valence-electron chi connectivity index (χ1n) is 42.7. The maximum absolute atomic E-state index is 13.9. The Morgan fingerprint density at radius 2 is 0.907 bits per heavy atom. The van der Waals surface area contributed by atoms with Crippen molar-refractivity contribution in [1.29, 1.82) is 0 Å². The molecular formula is C94H138BrF3K2N6O12. The van der Waals surface area contributed by atoms with E-state index in [1.54, 1.807) is 40.0 Å². The number of ether oxygens (including phenoxy) is 3. The molecule has 12 fully saturated rings. The Bertz CT molecular complexity index is 4390. The molecule has 0 unspecified atom stereocenters. The van der Waals surface area contributed by atoms with Crippen LogP contribution in [0.1, 0.15) is 239 Å². The molecular weight excluding hydrogens is 1620 g/mol. The fraction of sp³-hybridized carbons (Fsp3) is 0.734. The third kappa shape index (κ3) is 19.2. The number of H-pyrrole nitrogens is 1. The van der Waals surface area contributed by atoms with Crippen LogP contribution < -0.4 is 108 Å². The van der Waals surface area contributed by atoms with E-state index in [2.05, 4.69) is 62.0 Å². The van der Waals surface area contributed by atoms with Gasteiger partial charge < -0.3 is 41.1 Å².